The molecule has 1 atom stereocenters. The van der Waals surface area contributed by atoms with Crippen molar-refractivity contribution in [2.75, 3.05) is 0 Å². The van der Waals surface area contributed by atoms with Gasteiger partial charge in [-0.05, 0) is 78.8 Å². The molecule has 0 nitrogen and oxygen atoms in total. The van der Waals surface area contributed by atoms with Gasteiger partial charge in [0.25, 0.3) is 0 Å². The maximum atomic E-state index is 2.42. The smallest absolute Gasteiger partial charge is 0.0171 e. The summed E-state index contributed by atoms with van der Waals surface area (Å²) in [6.45, 7) is 2.42. The highest BCUT2D eigenvalue weighted by Crippen LogP contribution is 2.52. The monoisotopic (exact) mass is 537 g/mol. The fourth-order valence-corrected chi connectivity index (χ4v) is 10.6. The third kappa shape index (κ3) is 5.65. The first-order chi connectivity index (χ1) is 19.3. The molecule has 0 amide bonds. The molecule has 39 heavy (non-hydrogen) atoms. The second-order valence-electron chi connectivity index (χ2n) is 9.64. The van der Waals surface area contributed by atoms with Crippen LogP contribution >= 0.6 is 15.8 Å². The lowest BCUT2D eigenvalue weighted by Crippen LogP contribution is -2.30. The van der Waals surface area contributed by atoms with Crippen LogP contribution in [0.15, 0.2) is 146 Å². The van der Waals surface area contributed by atoms with Crippen LogP contribution < -0.4 is 26.5 Å². The molecule has 5 aromatic rings. The molecular weight excluding hydrogens is 506 g/mol. The Morgan fingerprint density at radius 2 is 0.897 bits per heavy atom. The molecule has 189 valence electrons. The highest BCUT2D eigenvalue weighted by atomic mass is 31.1. The molecule has 1 aliphatic carbocycles. The predicted octanol–water partition coefficient (Wildman–Crippen LogP) is 7.09. The Kier molecular flexibility index (Phi) is 8.35. The van der Waals surface area contributed by atoms with E-state index in [-0.39, 0.29) is 0 Å². The Labute approximate surface area is 236 Å². The molecule has 1 fully saturated rings. The fraction of sp³-hybridized carbons (Fsp3) is 0.0541. The van der Waals surface area contributed by atoms with Gasteiger partial charge in [0, 0.05) is 5.92 Å². The van der Waals surface area contributed by atoms with Crippen LogP contribution in [0.25, 0.3) is 0 Å². The van der Waals surface area contributed by atoms with Gasteiger partial charge in [0.15, 0.2) is 0 Å². The standard InChI is InChI=1S/C37H31P2/c1-29(38(30-17-6-2-7-18-30)31-19-8-3-9-20-31)34-26-16-27-35(34)36-25-14-15-28-37(36)39(32-21-10-4-11-22-32)33-23-12-5-13-24-33/h2-29H,1H3/t29-/m0/s1. The van der Waals surface area contributed by atoms with Crippen molar-refractivity contribution in [2.45, 2.75) is 12.6 Å². The van der Waals surface area contributed by atoms with Crippen LogP contribution in [-0.4, -0.2) is 5.66 Å². The molecule has 0 bridgehead atoms. The third-order valence-corrected chi connectivity index (χ3v) is 12.5. The van der Waals surface area contributed by atoms with Crippen LogP contribution in [0.5, 0.6) is 0 Å². The molecule has 0 aromatic heterocycles. The first kappa shape index (κ1) is 26.2. The predicted molar refractivity (Wildman–Crippen MR) is 172 cm³/mol. The molecule has 2 heteroatoms. The van der Waals surface area contributed by atoms with Crippen molar-refractivity contribution in [3.05, 3.63) is 182 Å². The molecule has 0 aliphatic heterocycles. The lowest BCUT2D eigenvalue weighted by atomic mass is 9.87. The quantitative estimate of drug-likeness (QED) is 0.186. The van der Waals surface area contributed by atoms with E-state index in [9.17, 15) is 0 Å². The Morgan fingerprint density at radius 1 is 0.462 bits per heavy atom. The molecule has 0 N–H and O–H groups in total. The first-order valence-electron chi connectivity index (χ1n) is 13.5. The third-order valence-electron chi connectivity index (χ3n) is 7.22. The van der Waals surface area contributed by atoms with E-state index in [1.165, 1.54) is 43.9 Å². The van der Waals surface area contributed by atoms with Gasteiger partial charge in [-0.3, -0.25) is 0 Å². The van der Waals surface area contributed by atoms with Crippen LogP contribution in [0.1, 0.15) is 12.5 Å². The summed E-state index contributed by atoms with van der Waals surface area (Å²) in [6, 6.07) is 53.2. The highest BCUT2D eigenvalue weighted by Gasteiger charge is 2.40. The molecule has 1 aliphatic rings. The molecule has 5 radical (unpaired) electrons. The molecule has 1 saturated carbocycles. The first-order valence-corrected chi connectivity index (χ1v) is 16.2. The highest BCUT2D eigenvalue weighted by molar-refractivity contribution is 7.80. The van der Waals surface area contributed by atoms with Gasteiger partial charge in [-0.2, -0.15) is 0 Å². The van der Waals surface area contributed by atoms with Crippen molar-refractivity contribution in [1.82, 2.24) is 0 Å². The van der Waals surface area contributed by atoms with Crippen LogP contribution in [0, 0.1) is 31.1 Å². The fourth-order valence-electron chi connectivity index (χ4n) is 5.43. The zero-order valence-corrected chi connectivity index (χ0v) is 23.8. The summed E-state index contributed by atoms with van der Waals surface area (Å²) in [5, 5.41) is 7.00. The summed E-state index contributed by atoms with van der Waals surface area (Å²) in [5.41, 5.74) is 1.71. The number of rotatable bonds is 8. The van der Waals surface area contributed by atoms with E-state index in [4.69, 9.17) is 0 Å². The van der Waals surface area contributed by atoms with E-state index < -0.39 is 15.8 Å². The summed E-state index contributed by atoms with van der Waals surface area (Å²) in [6.07, 6.45) is 6.93. The van der Waals surface area contributed by atoms with E-state index >= 15 is 0 Å². The van der Waals surface area contributed by atoms with Crippen molar-refractivity contribution in [3.8, 4) is 0 Å². The topological polar surface area (TPSA) is 0 Å². The molecule has 0 saturated heterocycles. The van der Waals surface area contributed by atoms with E-state index in [0.717, 1.165) is 0 Å². The van der Waals surface area contributed by atoms with Gasteiger partial charge in [-0.1, -0.05) is 153 Å². The minimum absolute atomic E-state index is 0.363. The number of hydrogen-bond donors (Lipinski definition) is 0. The molecular formula is C37H31P2. The van der Waals surface area contributed by atoms with Crippen molar-refractivity contribution in [2.24, 2.45) is 0 Å². The van der Waals surface area contributed by atoms with Gasteiger partial charge >= 0.3 is 0 Å². The summed E-state index contributed by atoms with van der Waals surface area (Å²) < 4.78 is 0. The summed E-state index contributed by atoms with van der Waals surface area (Å²) in [5.74, 6) is 2.79. The van der Waals surface area contributed by atoms with Crippen LogP contribution in [0.4, 0.5) is 0 Å². The Morgan fingerprint density at radius 3 is 1.41 bits per heavy atom. The van der Waals surface area contributed by atoms with Crippen molar-refractivity contribution < 1.29 is 0 Å². The summed E-state index contributed by atoms with van der Waals surface area (Å²) >= 11 is 0. The van der Waals surface area contributed by atoms with Crippen molar-refractivity contribution in [3.63, 3.8) is 0 Å². The van der Waals surface area contributed by atoms with Gasteiger partial charge in [0.05, 0.1) is 0 Å². The van der Waals surface area contributed by atoms with Gasteiger partial charge in [0.2, 0.25) is 0 Å². The van der Waals surface area contributed by atoms with Gasteiger partial charge in [0.1, 0.15) is 0 Å². The molecule has 0 unspecified atom stereocenters. The largest absolute Gasteiger partial charge is 0.0622 e. The summed E-state index contributed by atoms with van der Waals surface area (Å²) in [7, 11) is -1.28. The second kappa shape index (κ2) is 12.4. The Hall–Kier alpha value is -3.04. The Balaban J connectivity index is 1.42. The SMILES string of the molecule is C[C@@H]([C]1[CH][CH][CH][C]1c1ccccc1P(c1ccccc1)c1ccccc1)P(c1ccccc1)c1ccccc1. The molecule has 0 heterocycles. The van der Waals surface area contributed by atoms with E-state index in [0.29, 0.717) is 5.66 Å². The average molecular weight is 538 g/mol. The number of hydrogen-bond acceptors (Lipinski definition) is 0. The van der Waals surface area contributed by atoms with Crippen LogP contribution in [0.2, 0.25) is 0 Å². The molecule has 5 aromatic carbocycles. The number of benzene rings is 5. The van der Waals surface area contributed by atoms with Crippen molar-refractivity contribution in [1.29, 1.82) is 0 Å². The van der Waals surface area contributed by atoms with Crippen LogP contribution in [-0.2, 0) is 0 Å². The van der Waals surface area contributed by atoms with E-state index in [1.807, 2.05) is 0 Å². The zero-order chi connectivity index (χ0) is 26.4. The lowest BCUT2D eigenvalue weighted by molar-refractivity contribution is 0.963. The summed E-state index contributed by atoms with van der Waals surface area (Å²) in [4.78, 5) is 0. The van der Waals surface area contributed by atoms with Gasteiger partial charge < -0.3 is 0 Å². The van der Waals surface area contributed by atoms with Crippen LogP contribution in [0.3, 0.4) is 0 Å². The Bertz CT molecular complexity index is 1370. The average Bonchev–Trinajstić information content (AvgIpc) is 3.50. The van der Waals surface area contributed by atoms with E-state index in [2.05, 4.69) is 172 Å². The minimum atomic E-state index is -0.701. The van der Waals surface area contributed by atoms with E-state index in [1.54, 1.807) is 0 Å². The van der Waals surface area contributed by atoms with Gasteiger partial charge in [-0.15, -0.1) is 0 Å². The molecule has 0 spiro atoms. The zero-order valence-electron chi connectivity index (χ0n) is 22.1. The lowest BCUT2D eigenvalue weighted by Gasteiger charge is -2.34. The maximum absolute atomic E-state index is 2.42. The minimum Gasteiger partial charge on any atom is -0.0622 e. The second-order valence-corrected chi connectivity index (χ2v) is 14.4. The van der Waals surface area contributed by atoms with Gasteiger partial charge in [-0.25, -0.2) is 0 Å². The van der Waals surface area contributed by atoms with Crippen molar-refractivity contribution >= 4 is 42.4 Å². The molecule has 6 rings (SSSR count). The maximum Gasteiger partial charge on any atom is 0.0171 e. The normalized spacial score (nSPS) is 15.2.